The van der Waals surface area contributed by atoms with Crippen LogP contribution < -0.4 is 5.32 Å². The predicted octanol–water partition coefficient (Wildman–Crippen LogP) is 4.53. The Morgan fingerprint density at radius 2 is 2.17 bits per heavy atom. The van der Waals surface area contributed by atoms with Gasteiger partial charge in [0.05, 0.1) is 17.0 Å². The predicted molar refractivity (Wildman–Crippen MR) is 114 cm³/mol. The van der Waals surface area contributed by atoms with E-state index in [1.807, 2.05) is 26.0 Å². The van der Waals surface area contributed by atoms with E-state index in [4.69, 9.17) is 0 Å². The van der Waals surface area contributed by atoms with E-state index in [9.17, 15) is 18.2 Å². The third-order valence-corrected chi connectivity index (χ3v) is 6.57. The summed E-state index contributed by atoms with van der Waals surface area (Å²) >= 11 is 0.755. The molecule has 1 saturated carbocycles. The second-order valence-electron chi connectivity index (χ2n) is 7.41. The van der Waals surface area contributed by atoms with E-state index in [2.05, 4.69) is 10.3 Å². The normalized spacial score (nSPS) is 18.3. The molecule has 2 aromatic rings. The molecule has 2 atom stereocenters. The number of carbonyl (C=O) groups excluding carboxylic acids is 2. The minimum atomic E-state index is -1.15. The van der Waals surface area contributed by atoms with Gasteiger partial charge < -0.3 is 0 Å². The van der Waals surface area contributed by atoms with E-state index < -0.39 is 21.8 Å². The lowest BCUT2D eigenvalue weighted by Crippen LogP contribution is -2.15. The van der Waals surface area contributed by atoms with E-state index in [0.29, 0.717) is 30.4 Å². The third kappa shape index (κ3) is 5.25. The Balaban J connectivity index is 2.01. The largest absolute Gasteiger partial charge is 0.300 e. The second kappa shape index (κ2) is 9.09. The zero-order valence-corrected chi connectivity index (χ0v) is 18.2. The van der Waals surface area contributed by atoms with Crippen LogP contribution in [0, 0.1) is 11.0 Å². The molecule has 8 heteroatoms. The van der Waals surface area contributed by atoms with E-state index >= 15 is 0 Å². The van der Waals surface area contributed by atoms with Gasteiger partial charge in [0, 0.05) is 29.6 Å². The molecular formula is C21H23FN2O3S2. The molecule has 29 heavy (non-hydrogen) atoms. The summed E-state index contributed by atoms with van der Waals surface area (Å²) in [5, 5.41) is 2.34. The topological polar surface area (TPSA) is 76.1 Å². The summed E-state index contributed by atoms with van der Waals surface area (Å²) in [6.07, 6.45) is 6.14. The molecule has 1 aromatic carbocycles. The summed E-state index contributed by atoms with van der Waals surface area (Å²) < 4.78 is 25.3. The van der Waals surface area contributed by atoms with E-state index in [1.165, 1.54) is 0 Å². The van der Waals surface area contributed by atoms with Gasteiger partial charge in [0.25, 0.3) is 5.91 Å². The van der Waals surface area contributed by atoms with Gasteiger partial charge in [0.2, 0.25) is 0 Å². The van der Waals surface area contributed by atoms with Crippen molar-refractivity contribution in [3.05, 3.63) is 46.7 Å². The van der Waals surface area contributed by atoms with Crippen molar-refractivity contribution in [3.8, 4) is 0 Å². The van der Waals surface area contributed by atoms with Gasteiger partial charge in [-0.2, -0.15) is 4.39 Å². The van der Waals surface area contributed by atoms with Crippen LogP contribution in [0.3, 0.4) is 0 Å². The van der Waals surface area contributed by atoms with Crippen LogP contribution in [-0.2, 0) is 20.4 Å². The number of amides is 1. The molecular weight excluding hydrogens is 411 g/mol. The fourth-order valence-corrected chi connectivity index (χ4v) is 4.86. The highest BCUT2D eigenvalue weighted by molar-refractivity contribution is 7.84. The number of allylic oxidation sites excluding steroid dienone is 1. The van der Waals surface area contributed by atoms with Crippen molar-refractivity contribution >= 4 is 44.5 Å². The van der Waals surface area contributed by atoms with Crippen molar-refractivity contribution < 1.29 is 18.2 Å². The van der Waals surface area contributed by atoms with E-state index in [-0.39, 0.29) is 22.8 Å². The first-order valence-electron chi connectivity index (χ1n) is 9.38. The average molecular weight is 435 g/mol. The molecule has 5 nitrogen and oxygen atoms in total. The molecule has 154 valence electrons. The molecule has 1 amide bonds. The smallest absolute Gasteiger partial charge is 0.257 e. The lowest BCUT2D eigenvalue weighted by atomic mass is 9.94. The fourth-order valence-electron chi connectivity index (χ4n) is 3.43. The molecule has 1 unspecified atom stereocenters. The second-order valence-corrected chi connectivity index (χ2v) is 9.74. The van der Waals surface area contributed by atoms with Gasteiger partial charge in [-0.1, -0.05) is 37.3 Å². The third-order valence-electron chi connectivity index (χ3n) is 4.88. The van der Waals surface area contributed by atoms with Crippen molar-refractivity contribution in [1.29, 1.82) is 0 Å². The number of halogens is 1. The standard InChI is InChI=1S/C21H23FN2O3S2/c1-12(2)16-10-14(5-7-18(16)29(3)27)17(9-13-4-6-15(25)8-13)20(26)24-21-23-11-19(22)28-21/h5,7,9-13H,4,6,8H2,1-3H3,(H,23,24,26)/b17-9+/t13-,29?/m0/s1. The first kappa shape index (κ1) is 21.5. The highest BCUT2D eigenvalue weighted by atomic mass is 32.2. The number of ketones is 1. The molecule has 1 fully saturated rings. The van der Waals surface area contributed by atoms with Crippen LogP contribution in [0.25, 0.3) is 5.57 Å². The van der Waals surface area contributed by atoms with Gasteiger partial charge in [0.15, 0.2) is 10.3 Å². The van der Waals surface area contributed by atoms with Gasteiger partial charge in [0.1, 0.15) is 5.78 Å². The van der Waals surface area contributed by atoms with Crippen molar-refractivity contribution in [1.82, 2.24) is 4.98 Å². The Hall–Kier alpha value is -2.19. The Morgan fingerprint density at radius 1 is 1.41 bits per heavy atom. The molecule has 0 bridgehead atoms. The van der Waals surface area contributed by atoms with Crippen molar-refractivity contribution in [2.75, 3.05) is 11.6 Å². The van der Waals surface area contributed by atoms with Gasteiger partial charge in [-0.05, 0) is 41.5 Å². The van der Waals surface area contributed by atoms with E-state index in [0.717, 1.165) is 28.0 Å². The van der Waals surface area contributed by atoms with Crippen LogP contribution in [-0.4, -0.2) is 27.1 Å². The maximum absolute atomic E-state index is 13.3. The SMILES string of the molecule is CC(C)c1cc(/C(=C\[C@H]2CCC(=O)C2)C(=O)Nc2ncc(F)s2)ccc1S(C)=O. The number of thiazole rings is 1. The van der Waals surface area contributed by atoms with Crippen LogP contribution >= 0.6 is 11.3 Å². The monoisotopic (exact) mass is 434 g/mol. The summed E-state index contributed by atoms with van der Waals surface area (Å²) in [5.41, 5.74) is 2.00. The van der Waals surface area contributed by atoms with E-state index in [1.54, 1.807) is 18.4 Å². The molecule has 0 spiro atoms. The quantitative estimate of drug-likeness (QED) is 0.678. The number of carbonyl (C=O) groups is 2. The number of anilines is 1. The molecule has 1 aromatic heterocycles. The van der Waals surface area contributed by atoms with Gasteiger partial charge in [-0.15, -0.1) is 0 Å². The number of Topliss-reactive ketones (excluding diaryl/α,β-unsaturated/α-hetero) is 1. The first-order valence-corrected chi connectivity index (χ1v) is 11.8. The highest BCUT2D eigenvalue weighted by Crippen LogP contribution is 2.31. The summed E-state index contributed by atoms with van der Waals surface area (Å²) in [7, 11) is -1.15. The Labute approximate surface area is 175 Å². The number of aromatic nitrogens is 1. The van der Waals surface area contributed by atoms with Crippen molar-refractivity contribution in [2.24, 2.45) is 5.92 Å². The van der Waals surface area contributed by atoms with Crippen molar-refractivity contribution in [3.63, 3.8) is 0 Å². The molecule has 1 N–H and O–H groups in total. The summed E-state index contributed by atoms with van der Waals surface area (Å²) in [5.74, 6) is -0.107. The number of nitrogens with one attached hydrogen (secondary N) is 1. The molecule has 1 aliphatic rings. The zero-order chi connectivity index (χ0) is 21.1. The molecule has 3 rings (SSSR count). The number of nitrogens with zero attached hydrogens (tertiary/aromatic N) is 1. The summed E-state index contributed by atoms with van der Waals surface area (Å²) in [6.45, 7) is 4.01. The summed E-state index contributed by atoms with van der Waals surface area (Å²) in [6, 6.07) is 5.43. The minimum absolute atomic E-state index is 0.0150. The van der Waals surface area contributed by atoms with Crippen LogP contribution in [0.2, 0.25) is 0 Å². The lowest BCUT2D eigenvalue weighted by molar-refractivity contribution is -0.117. The molecule has 0 radical (unpaired) electrons. The number of hydrogen-bond acceptors (Lipinski definition) is 5. The van der Waals surface area contributed by atoms with Crippen LogP contribution in [0.15, 0.2) is 35.4 Å². The highest BCUT2D eigenvalue weighted by Gasteiger charge is 2.24. The van der Waals surface area contributed by atoms with Crippen molar-refractivity contribution in [2.45, 2.75) is 43.9 Å². The maximum atomic E-state index is 13.3. The molecule has 0 aliphatic heterocycles. The molecule has 1 aliphatic carbocycles. The average Bonchev–Trinajstić information content (AvgIpc) is 3.26. The van der Waals surface area contributed by atoms with Gasteiger partial charge in [-0.25, -0.2) is 4.98 Å². The maximum Gasteiger partial charge on any atom is 0.257 e. The zero-order valence-electron chi connectivity index (χ0n) is 16.5. The first-order chi connectivity index (χ1) is 13.7. The number of benzene rings is 1. The molecule has 0 saturated heterocycles. The van der Waals surface area contributed by atoms with Crippen LogP contribution in [0.1, 0.15) is 50.2 Å². The summed E-state index contributed by atoms with van der Waals surface area (Å²) in [4.78, 5) is 29.3. The number of hydrogen-bond donors (Lipinski definition) is 1. The Kier molecular flexibility index (Phi) is 6.74. The lowest BCUT2D eigenvalue weighted by Gasteiger charge is -2.16. The van der Waals surface area contributed by atoms with Crippen LogP contribution in [0.5, 0.6) is 0 Å². The fraction of sp³-hybridized carbons (Fsp3) is 0.381. The number of rotatable bonds is 6. The van der Waals surface area contributed by atoms with Crippen LogP contribution in [0.4, 0.5) is 9.52 Å². The minimum Gasteiger partial charge on any atom is -0.300 e. The Morgan fingerprint density at radius 3 is 2.72 bits per heavy atom. The van der Waals surface area contributed by atoms with Gasteiger partial charge in [-0.3, -0.25) is 19.1 Å². The Bertz CT molecular complexity index is 998. The van der Waals surface area contributed by atoms with Gasteiger partial charge >= 0.3 is 0 Å². The molecule has 1 heterocycles.